The zero-order valence-corrected chi connectivity index (χ0v) is 15.9. The second kappa shape index (κ2) is 8.30. The number of carbonyl (C=O) groups excluding carboxylic acids is 1. The largest absolute Gasteiger partial charge is 0.355 e. The van der Waals surface area contributed by atoms with Gasteiger partial charge in [0.15, 0.2) is 11.5 Å². The van der Waals surface area contributed by atoms with Crippen molar-refractivity contribution in [1.82, 2.24) is 15.4 Å². The van der Waals surface area contributed by atoms with Crippen LogP contribution in [-0.4, -0.2) is 55.8 Å². The van der Waals surface area contributed by atoms with Crippen molar-refractivity contribution in [3.05, 3.63) is 29.3 Å². The zero-order chi connectivity index (χ0) is 18.6. The number of rotatable bonds is 9. The second-order valence-electron chi connectivity index (χ2n) is 6.34. The van der Waals surface area contributed by atoms with Crippen molar-refractivity contribution in [1.29, 1.82) is 0 Å². The van der Waals surface area contributed by atoms with Gasteiger partial charge in [0.25, 0.3) is 5.91 Å². The lowest BCUT2D eigenvalue weighted by Crippen LogP contribution is -2.56. The number of amides is 1. The van der Waals surface area contributed by atoms with Crippen molar-refractivity contribution < 1.29 is 17.7 Å². The number of sulfonamides is 1. The van der Waals surface area contributed by atoms with Crippen LogP contribution in [0.4, 0.5) is 0 Å². The average Bonchev–Trinajstić information content (AvgIpc) is 3.21. The molecule has 0 saturated carbocycles. The number of hydrogen-bond donors (Lipinski definition) is 2. The molecule has 2 aromatic heterocycles. The van der Waals surface area contributed by atoms with Crippen molar-refractivity contribution in [2.24, 2.45) is 5.14 Å². The number of carbonyl (C=O) groups is 1. The van der Waals surface area contributed by atoms with Crippen LogP contribution in [0, 0.1) is 0 Å². The van der Waals surface area contributed by atoms with Gasteiger partial charge in [0.1, 0.15) is 5.25 Å². The molecule has 0 radical (unpaired) electrons. The quantitative estimate of drug-likeness (QED) is 0.614. The van der Waals surface area contributed by atoms with E-state index in [1.807, 2.05) is 17.5 Å². The first-order valence-corrected chi connectivity index (χ1v) is 10.9. The highest BCUT2D eigenvalue weighted by Crippen LogP contribution is 2.25. The summed E-state index contributed by atoms with van der Waals surface area (Å²) >= 11 is 1.53. The van der Waals surface area contributed by atoms with E-state index in [1.54, 1.807) is 6.07 Å². The van der Waals surface area contributed by atoms with Crippen LogP contribution in [0.2, 0.25) is 0 Å². The maximum atomic E-state index is 12.0. The molecule has 1 amide bonds. The van der Waals surface area contributed by atoms with E-state index in [1.165, 1.54) is 11.3 Å². The fourth-order valence-electron chi connectivity index (χ4n) is 2.76. The molecule has 0 unspecified atom stereocenters. The Hall–Kier alpha value is -1.75. The van der Waals surface area contributed by atoms with Gasteiger partial charge >= 0.3 is 0 Å². The molecule has 1 aliphatic rings. The third kappa shape index (κ3) is 4.91. The molecule has 0 bridgehead atoms. The Morgan fingerprint density at radius 2 is 2.19 bits per heavy atom. The van der Waals surface area contributed by atoms with Gasteiger partial charge < -0.3 is 14.7 Å². The Kier molecular flexibility index (Phi) is 6.07. The number of nitrogens with one attached hydrogen (secondary N) is 1. The lowest BCUT2D eigenvalue weighted by atomic mass is 10.1. The number of aromatic nitrogens is 1. The maximum Gasteiger partial charge on any atom is 0.273 e. The molecule has 3 N–H and O–H groups in total. The molecule has 26 heavy (non-hydrogen) atoms. The van der Waals surface area contributed by atoms with E-state index in [-0.39, 0.29) is 11.6 Å². The second-order valence-corrected chi connectivity index (χ2v) is 9.13. The molecule has 0 atom stereocenters. The fraction of sp³-hybridized carbons (Fsp3) is 0.500. The van der Waals surface area contributed by atoms with E-state index >= 15 is 0 Å². The molecule has 0 aliphatic carbocycles. The third-order valence-corrected chi connectivity index (χ3v) is 6.44. The minimum atomic E-state index is -3.39. The molecule has 1 saturated heterocycles. The van der Waals surface area contributed by atoms with Crippen LogP contribution in [0.25, 0.3) is 10.6 Å². The summed E-state index contributed by atoms with van der Waals surface area (Å²) in [5, 5.41) is 13.3. The average molecular weight is 399 g/mol. The van der Waals surface area contributed by atoms with E-state index in [4.69, 9.17) is 9.66 Å². The molecule has 8 nitrogen and oxygen atoms in total. The normalized spacial score (nSPS) is 15.7. The van der Waals surface area contributed by atoms with E-state index in [2.05, 4.69) is 15.4 Å². The Morgan fingerprint density at radius 1 is 1.38 bits per heavy atom. The summed E-state index contributed by atoms with van der Waals surface area (Å²) in [5.74, 6) is 0.354. The molecular formula is C16H22N4O4S2. The SMILES string of the molecule is NS(=O)(=O)C1CN(CCCCCNC(=O)c2cc(-c3cccs3)on2)C1. The zero-order valence-electron chi connectivity index (χ0n) is 14.3. The number of nitrogens with zero attached hydrogens (tertiary/aromatic N) is 2. The number of thiophene rings is 1. The number of nitrogens with two attached hydrogens (primary N) is 1. The van der Waals surface area contributed by atoms with Crippen LogP contribution < -0.4 is 10.5 Å². The molecule has 1 aliphatic heterocycles. The van der Waals surface area contributed by atoms with E-state index in [0.717, 1.165) is 30.7 Å². The first kappa shape index (κ1) is 19.0. The minimum absolute atomic E-state index is 0.240. The van der Waals surface area contributed by atoms with Gasteiger partial charge in [-0.15, -0.1) is 11.3 Å². The van der Waals surface area contributed by atoms with E-state index < -0.39 is 15.3 Å². The molecule has 0 aromatic carbocycles. The summed E-state index contributed by atoms with van der Waals surface area (Å²) in [6.45, 7) is 2.47. The standard InChI is InChI=1S/C16H22N4O4S2/c17-26(22,23)12-10-20(11-12)7-3-1-2-6-18-16(21)13-9-14(24-19-13)15-5-4-8-25-15/h4-5,8-9,12H,1-3,6-7,10-11H2,(H,18,21)(H2,17,22,23). The summed E-state index contributed by atoms with van der Waals surface area (Å²) < 4.78 is 27.4. The Morgan fingerprint density at radius 3 is 2.88 bits per heavy atom. The maximum absolute atomic E-state index is 12.0. The highest BCUT2D eigenvalue weighted by molar-refractivity contribution is 7.89. The molecule has 142 valence electrons. The van der Waals surface area contributed by atoms with Crippen LogP contribution in [0.3, 0.4) is 0 Å². The first-order chi connectivity index (χ1) is 12.4. The van der Waals surface area contributed by atoms with Crippen molar-refractivity contribution in [3.63, 3.8) is 0 Å². The summed E-state index contributed by atoms with van der Waals surface area (Å²) in [7, 11) is -3.39. The van der Waals surface area contributed by atoms with Crippen LogP contribution in [-0.2, 0) is 10.0 Å². The molecule has 0 spiro atoms. The van der Waals surface area contributed by atoms with Crippen molar-refractivity contribution in [2.45, 2.75) is 24.5 Å². The fourth-order valence-corrected chi connectivity index (χ4v) is 4.27. The van der Waals surface area contributed by atoms with Crippen LogP contribution >= 0.6 is 11.3 Å². The molecule has 3 rings (SSSR count). The highest BCUT2D eigenvalue weighted by atomic mass is 32.2. The molecular weight excluding hydrogens is 376 g/mol. The lowest BCUT2D eigenvalue weighted by Gasteiger charge is -2.37. The predicted octanol–water partition coefficient (Wildman–Crippen LogP) is 1.28. The van der Waals surface area contributed by atoms with Gasteiger partial charge in [-0.25, -0.2) is 13.6 Å². The Balaban J connectivity index is 1.28. The lowest BCUT2D eigenvalue weighted by molar-refractivity contribution is 0.0943. The molecule has 2 aromatic rings. The molecule has 3 heterocycles. The van der Waals surface area contributed by atoms with Gasteiger partial charge in [0.2, 0.25) is 10.0 Å². The van der Waals surface area contributed by atoms with Crippen molar-refractivity contribution >= 4 is 27.3 Å². The number of unbranched alkanes of at least 4 members (excludes halogenated alkanes) is 2. The van der Waals surface area contributed by atoms with E-state index in [0.29, 0.717) is 25.4 Å². The van der Waals surface area contributed by atoms with Gasteiger partial charge in [-0.05, 0) is 30.8 Å². The predicted molar refractivity (Wildman–Crippen MR) is 99.3 cm³/mol. The van der Waals surface area contributed by atoms with E-state index in [9.17, 15) is 13.2 Å². The number of primary sulfonamides is 1. The number of hydrogen-bond acceptors (Lipinski definition) is 7. The Labute approximate surface area is 156 Å². The highest BCUT2D eigenvalue weighted by Gasteiger charge is 2.34. The molecule has 1 fully saturated rings. The summed E-state index contributed by atoms with van der Waals surface area (Å²) in [5.41, 5.74) is 0.281. The summed E-state index contributed by atoms with van der Waals surface area (Å²) in [4.78, 5) is 15.1. The first-order valence-electron chi connectivity index (χ1n) is 8.46. The minimum Gasteiger partial charge on any atom is -0.355 e. The van der Waals surface area contributed by atoms with Crippen molar-refractivity contribution in [3.8, 4) is 10.6 Å². The van der Waals surface area contributed by atoms with Crippen LogP contribution in [0.15, 0.2) is 28.1 Å². The topological polar surface area (TPSA) is 119 Å². The monoisotopic (exact) mass is 398 g/mol. The Bertz CT molecular complexity index is 826. The smallest absolute Gasteiger partial charge is 0.273 e. The summed E-state index contributed by atoms with van der Waals surface area (Å²) in [6.07, 6.45) is 2.77. The van der Waals surface area contributed by atoms with Crippen LogP contribution in [0.1, 0.15) is 29.8 Å². The van der Waals surface area contributed by atoms with Gasteiger partial charge in [-0.2, -0.15) is 0 Å². The molecule has 10 heteroatoms. The number of likely N-dealkylation sites (tertiary alicyclic amines) is 1. The van der Waals surface area contributed by atoms with Gasteiger partial charge in [0, 0.05) is 25.7 Å². The van der Waals surface area contributed by atoms with Gasteiger partial charge in [-0.1, -0.05) is 17.6 Å². The van der Waals surface area contributed by atoms with Crippen molar-refractivity contribution in [2.75, 3.05) is 26.2 Å². The third-order valence-electron chi connectivity index (χ3n) is 4.33. The van der Waals surface area contributed by atoms with Gasteiger partial charge in [-0.3, -0.25) is 4.79 Å². The summed E-state index contributed by atoms with van der Waals surface area (Å²) in [6, 6.07) is 5.47. The van der Waals surface area contributed by atoms with Gasteiger partial charge in [0.05, 0.1) is 4.88 Å². The van der Waals surface area contributed by atoms with Crippen LogP contribution in [0.5, 0.6) is 0 Å².